The second-order valence-electron chi connectivity index (χ2n) is 7.26. The third-order valence-electron chi connectivity index (χ3n) is 5.10. The molecule has 1 saturated heterocycles. The number of nitrogens with one attached hydrogen (secondary N) is 1. The minimum atomic E-state index is -0.695. The molecule has 1 aliphatic rings. The Morgan fingerprint density at radius 1 is 1.00 bits per heavy atom. The normalized spacial score (nSPS) is 13.3. The lowest BCUT2D eigenvalue weighted by Crippen LogP contribution is -2.31. The number of ketones is 1. The number of hydrogen-bond donors (Lipinski definition) is 1. The first-order valence-electron chi connectivity index (χ1n) is 9.80. The van der Waals surface area contributed by atoms with Gasteiger partial charge in [0.1, 0.15) is 6.54 Å². The van der Waals surface area contributed by atoms with Crippen LogP contribution in [-0.2, 0) is 14.3 Å². The Kier molecular flexibility index (Phi) is 6.61. The summed E-state index contributed by atoms with van der Waals surface area (Å²) in [7, 11) is 0. The molecule has 0 bridgehead atoms. The average Bonchev–Trinajstić information content (AvgIpc) is 3.18. The van der Waals surface area contributed by atoms with Crippen molar-refractivity contribution in [2.75, 3.05) is 24.6 Å². The van der Waals surface area contributed by atoms with Crippen LogP contribution >= 0.6 is 0 Å². The maximum Gasteiger partial charge on any atom is 0.325 e. The maximum absolute atomic E-state index is 12.2. The van der Waals surface area contributed by atoms with Crippen molar-refractivity contribution in [1.82, 2.24) is 5.32 Å². The van der Waals surface area contributed by atoms with Gasteiger partial charge in [-0.15, -0.1) is 0 Å². The van der Waals surface area contributed by atoms with Gasteiger partial charge in [0.15, 0.2) is 12.4 Å². The number of benzene rings is 2. The number of anilines is 1. The number of rotatable bonds is 7. The summed E-state index contributed by atoms with van der Waals surface area (Å²) in [6, 6.07) is 11.9. The molecule has 1 aliphatic heterocycles. The highest BCUT2D eigenvalue weighted by molar-refractivity contribution is 6.00. The summed E-state index contributed by atoms with van der Waals surface area (Å²) in [5.41, 5.74) is 3.65. The number of carbonyl (C=O) groups excluding carboxylic acids is 4. The molecule has 2 amide bonds. The standard InChI is InChI=1S/C23H24N2O5/c1-15-5-6-18(12-16(15)2)23(29)24-13-22(28)30-14-20(26)17-7-9-19(10-8-17)25-11-3-4-21(25)27/h5-10,12H,3-4,11,13-14H2,1-2H3,(H,24,29). The first-order chi connectivity index (χ1) is 14.3. The van der Waals surface area contributed by atoms with Gasteiger partial charge in [0.25, 0.3) is 5.91 Å². The number of ether oxygens (including phenoxy) is 1. The van der Waals surface area contributed by atoms with E-state index in [4.69, 9.17) is 4.74 Å². The van der Waals surface area contributed by atoms with Crippen molar-refractivity contribution in [3.05, 3.63) is 64.7 Å². The highest BCUT2D eigenvalue weighted by Crippen LogP contribution is 2.21. The molecule has 0 spiro atoms. The molecule has 0 atom stereocenters. The largest absolute Gasteiger partial charge is 0.456 e. The Balaban J connectivity index is 1.46. The topological polar surface area (TPSA) is 92.8 Å². The monoisotopic (exact) mass is 408 g/mol. The molecular formula is C23H24N2O5. The molecule has 0 unspecified atom stereocenters. The quantitative estimate of drug-likeness (QED) is 0.562. The lowest BCUT2D eigenvalue weighted by Gasteiger charge is -2.15. The number of aryl methyl sites for hydroxylation is 2. The van der Waals surface area contributed by atoms with Gasteiger partial charge in [-0.2, -0.15) is 0 Å². The zero-order valence-corrected chi connectivity index (χ0v) is 17.1. The van der Waals surface area contributed by atoms with Crippen LogP contribution in [0.25, 0.3) is 0 Å². The van der Waals surface area contributed by atoms with Crippen molar-refractivity contribution in [2.45, 2.75) is 26.7 Å². The van der Waals surface area contributed by atoms with Crippen molar-refractivity contribution in [2.24, 2.45) is 0 Å². The second kappa shape index (κ2) is 9.35. The van der Waals surface area contributed by atoms with Crippen LogP contribution in [0.2, 0.25) is 0 Å². The molecule has 7 heteroatoms. The number of hydrogen-bond acceptors (Lipinski definition) is 5. The van der Waals surface area contributed by atoms with E-state index in [0.717, 1.165) is 23.2 Å². The minimum absolute atomic E-state index is 0.0749. The molecule has 30 heavy (non-hydrogen) atoms. The lowest BCUT2D eigenvalue weighted by molar-refractivity contribution is -0.141. The van der Waals surface area contributed by atoms with Crippen LogP contribution in [-0.4, -0.2) is 43.3 Å². The van der Waals surface area contributed by atoms with Gasteiger partial charge in [-0.3, -0.25) is 19.2 Å². The third-order valence-corrected chi connectivity index (χ3v) is 5.10. The molecule has 3 rings (SSSR count). The summed E-state index contributed by atoms with van der Waals surface area (Å²) in [6.45, 7) is 3.79. The van der Waals surface area contributed by atoms with Crippen molar-refractivity contribution in [3.8, 4) is 0 Å². The lowest BCUT2D eigenvalue weighted by atomic mass is 10.1. The summed E-state index contributed by atoms with van der Waals surface area (Å²) in [5.74, 6) is -1.36. The van der Waals surface area contributed by atoms with Gasteiger partial charge in [0.2, 0.25) is 5.91 Å². The fraction of sp³-hybridized carbons (Fsp3) is 0.304. The summed E-state index contributed by atoms with van der Waals surface area (Å²) in [6.07, 6.45) is 1.37. The van der Waals surface area contributed by atoms with Crippen molar-refractivity contribution in [3.63, 3.8) is 0 Å². The molecule has 2 aromatic carbocycles. The van der Waals surface area contributed by atoms with Crippen LogP contribution in [0.5, 0.6) is 0 Å². The Morgan fingerprint density at radius 3 is 2.33 bits per heavy atom. The van der Waals surface area contributed by atoms with Gasteiger partial charge in [0, 0.05) is 29.8 Å². The van der Waals surface area contributed by atoms with E-state index in [9.17, 15) is 19.2 Å². The zero-order valence-electron chi connectivity index (χ0n) is 17.1. The number of amides is 2. The molecule has 0 aliphatic carbocycles. The van der Waals surface area contributed by atoms with Gasteiger partial charge in [-0.05, 0) is 67.8 Å². The highest BCUT2D eigenvalue weighted by Gasteiger charge is 2.21. The van der Waals surface area contributed by atoms with Crippen LogP contribution < -0.4 is 10.2 Å². The highest BCUT2D eigenvalue weighted by atomic mass is 16.5. The van der Waals surface area contributed by atoms with Gasteiger partial charge < -0.3 is 15.0 Å². The smallest absolute Gasteiger partial charge is 0.325 e. The Morgan fingerprint density at radius 2 is 1.70 bits per heavy atom. The first kappa shape index (κ1) is 21.2. The van der Waals surface area contributed by atoms with Crippen molar-refractivity contribution >= 4 is 29.3 Å². The van der Waals surface area contributed by atoms with Crippen LogP contribution in [0.15, 0.2) is 42.5 Å². The molecule has 2 aromatic rings. The van der Waals surface area contributed by atoms with Gasteiger partial charge in [-0.1, -0.05) is 6.07 Å². The van der Waals surface area contributed by atoms with Gasteiger partial charge in [0.05, 0.1) is 0 Å². The van der Waals surface area contributed by atoms with Crippen LogP contribution in [0, 0.1) is 13.8 Å². The predicted molar refractivity (Wildman–Crippen MR) is 112 cm³/mol. The fourth-order valence-electron chi connectivity index (χ4n) is 3.17. The molecule has 1 heterocycles. The number of esters is 1. The SMILES string of the molecule is Cc1ccc(C(=O)NCC(=O)OCC(=O)c2ccc(N3CCCC3=O)cc2)cc1C. The van der Waals surface area contributed by atoms with E-state index < -0.39 is 12.6 Å². The van der Waals surface area contributed by atoms with E-state index in [1.54, 1.807) is 41.3 Å². The van der Waals surface area contributed by atoms with Crippen LogP contribution in [0.4, 0.5) is 5.69 Å². The Bertz CT molecular complexity index is 982. The van der Waals surface area contributed by atoms with E-state index in [-0.39, 0.29) is 24.1 Å². The van der Waals surface area contributed by atoms with E-state index in [1.165, 1.54) is 0 Å². The fourth-order valence-corrected chi connectivity index (χ4v) is 3.17. The molecule has 0 saturated carbocycles. The van der Waals surface area contributed by atoms with Crippen molar-refractivity contribution < 1.29 is 23.9 Å². The minimum Gasteiger partial charge on any atom is -0.456 e. The third kappa shape index (κ3) is 5.11. The summed E-state index contributed by atoms with van der Waals surface area (Å²) >= 11 is 0. The molecule has 7 nitrogen and oxygen atoms in total. The zero-order chi connectivity index (χ0) is 21.7. The maximum atomic E-state index is 12.2. The van der Waals surface area contributed by atoms with E-state index in [2.05, 4.69) is 5.32 Å². The Hall–Kier alpha value is -3.48. The summed E-state index contributed by atoms with van der Waals surface area (Å²) < 4.78 is 4.97. The number of nitrogens with zero attached hydrogens (tertiary/aromatic N) is 1. The number of Topliss-reactive ketones (excluding diaryl/α,β-unsaturated/α-hetero) is 1. The summed E-state index contributed by atoms with van der Waals surface area (Å²) in [4.78, 5) is 49.7. The first-order valence-corrected chi connectivity index (χ1v) is 9.80. The Labute approximate surface area is 175 Å². The molecule has 156 valence electrons. The second-order valence-corrected chi connectivity index (χ2v) is 7.26. The predicted octanol–water partition coefficient (Wildman–Crippen LogP) is 2.59. The van der Waals surface area contributed by atoms with E-state index in [1.807, 2.05) is 19.9 Å². The summed E-state index contributed by atoms with van der Waals surface area (Å²) in [5, 5.41) is 2.49. The van der Waals surface area contributed by atoms with Crippen LogP contribution in [0.1, 0.15) is 44.7 Å². The van der Waals surface area contributed by atoms with Gasteiger partial charge >= 0.3 is 5.97 Å². The molecule has 0 radical (unpaired) electrons. The van der Waals surface area contributed by atoms with E-state index in [0.29, 0.717) is 24.1 Å². The van der Waals surface area contributed by atoms with E-state index >= 15 is 0 Å². The average molecular weight is 408 g/mol. The molecule has 0 aromatic heterocycles. The van der Waals surface area contributed by atoms with Crippen molar-refractivity contribution in [1.29, 1.82) is 0 Å². The number of carbonyl (C=O) groups is 4. The molecule has 1 N–H and O–H groups in total. The van der Waals surface area contributed by atoms with Crippen LogP contribution in [0.3, 0.4) is 0 Å². The molecular weight excluding hydrogens is 384 g/mol. The van der Waals surface area contributed by atoms with Gasteiger partial charge in [-0.25, -0.2) is 0 Å². The molecule has 1 fully saturated rings.